The first-order chi connectivity index (χ1) is 14.3. The van der Waals surface area contributed by atoms with Crippen LogP contribution in [0.4, 0.5) is 0 Å². The zero-order chi connectivity index (χ0) is 21.7. The summed E-state index contributed by atoms with van der Waals surface area (Å²) < 4.78 is 28.9. The normalized spacial score (nSPS) is 16.5. The van der Waals surface area contributed by atoms with Gasteiger partial charge in [-0.1, -0.05) is 49.9 Å². The van der Waals surface area contributed by atoms with Crippen molar-refractivity contribution >= 4 is 27.6 Å². The van der Waals surface area contributed by atoms with Crippen LogP contribution in [0.3, 0.4) is 0 Å². The fraction of sp³-hybridized carbons (Fsp3) is 0.435. The van der Waals surface area contributed by atoms with Gasteiger partial charge < -0.3 is 5.11 Å². The lowest BCUT2D eigenvalue weighted by Crippen LogP contribution is -2.44. The predicted molar refractivity (Wildman–Crippen MR) is 118 cm³/mol. The summed E-state index contributed by atoms with van der Waals surface area (Å²) >= 11 is 5.97. The molecule has 1 N–H and O–H groups in total. The molecule has 0 bridgehead atoms. The maximum atomic E-state index is 13.7. The molecule has 1 saturated carbocycles. The van der Waals surface area contributed by atoms with Crippen LogP contribution in [0.1, 0.15) is 61.4 Å². The maximum Gasteiger partial charge on any atom is 0.335 e. The molecule has 162 valence electrons. The number of nitrogens with zero attached hydrogens (tertiary/aromatic N) is 1. The molecule has 1 unspecified atom stereocenters. The van der Waals surface area contributed by atoms with Gasteiger partial charge in [-0.25, -0.2) is 13.2 Å². The molecule has 0 amide bonds. The summed E-state index contributed by atoms with van der Waals surface area (Å²) in [5.74, 6) is -0.676. The van der Waals surface area contributed by atoms with Gasteiger partial charge in [-0.3, -0.25) is 0 Å². The molecule has 2 aromatic carbocycles. The fourth-order valence-electron chi connectivity index (χ4n) is 4.35. The number of carboxylic acid groups (broad SMARTS) is 1. The second-order valence-corrected chi connectivity index (χ2v) is 10.2. The van der Waals surface area contributed by atoms with Gasteiger partial charge in [0.25, 0.3) is 0 Å². The van der Waals surface area contributed by atoms with E-state index in [1.165, 1.54) is 18.6 Å². The summed E-state index contributed by atoms with van der Waals surface area (Å²) in [6, 6.07) is 12.6. The highest BCUT2D eigenvalue weighted by atomic mass is 35.5. The Morgan fingerprint density at radius 3 is 2.20 bits per heavy atom. The number of sulfonamides is 1. The van der Waals surface area contributed by atoms with Crippen LogP contribution in [0, 0.1) is 5.92 Å². The first-order valence-electron chi connectivity index (χ1n) is 10.4. The predicted octanol–water partition coefficient (Wildman–Crippen LogP) is 5.59. The van der Waals surface area contributed by atoms with E-state index in [1.54, 1.807) is 40.7 Å². The molecule has 7 heteroatoms. The van der Waals surface area contributed by atoms with Crippen molar-refractivity contribution in [1.29, 1.82) is 0 Å². The van der Waals surface area contributed by atoms with Gasteiger partial charge in [0.15, 0.2) is 0 Å². The number of hydrogen-bond donors (Lipinski definition) is 1. The van der Waals surface area contributed by atoms with E-state index in [9.17, 15) is 13.2 Å². The van der Waals surface area contributed by atoms with E-state index in [0.29, 0.717) is 10.9 Å². The summed E-state index contributed by atoms with van der Waals surface area (Å²) in [7, 11) is -3.74. The average molecular weight is 450 g/mol. The molecule has 1 atom stereocenters. The minimum Gasteiger partial charge on any atom is -0.478 e. The van der Waals surface area contributed by atoms with Crippen LogP contribution >= 0.6 is 11.6 Å². The topological polar surface area (TPSA) is 74.7 Å². The molecule has 1 aliphatic carbocycles. The fourth-order valence-corrected chi connectivity index (χ4v) is 6.22. The van der Waals surface area contributed by atoms with E-state index < -0.39 is 16.0 Å². The Kier molecular flexibility index (Phi) is 7.55. The summed E-state index contributed by atoms with van der Waals surface area (Å²) in [4.78, 5) is 11.4. The number of carbonyl (C=O) groups is 1. The largest absolute Gasteiger partial charge is 0.478 e. The average Bonchev–Trinajstić information content (AvgIpc) is 2.75. The molecule has 1 fully saturated rings. The van der Waals surface area contributed by atoms with Crippen LogP contribution < -0.4 is 0 Å². The minimum absolute atomic E-state index is 0.106. The third kappa shape index (κ3) is 5.23. The van der Waals surface area contributed by atoms with Gasteiger partial charge in [-0.05, 0) is 67.1 Å². The van der Waals surface area contributed by atoms with Crippen molar-refractivity contribution in [1.82, 2.24) is 4.31 Å². The molecule has 0 aliphatic heterocycles. The molecular weight excluding hydrogens is 422 g/mol. The molecule has 0 radical (unpaired) electrons. The Bertz CT molecular complexity index is 952. The molecule has 5 nitrogen and oxygen atoms in total. The third-order valence-electron chi connectivity index (χ3n) is 5.94. The van der Waals surface area contributed by atoms with Gasteiger partial charge in [0.05, 0.1) is 10.5 Å². The van der Waals surface area contributed by atoms with Gasteiger partial charge in [-0.15, -0.1) is 0 Å². The Morgan fingerprint density at radius 2 is 1.67 bits per heavy atom. The highest BCUT2D eigenvalue weighted by Crippen LogP contribution is 2.34. The Labute approximate surface area is 183 Å². The van der Waals surface area contributed by atoms with Crippen molar-refractivity contribution in [3.8, 4) is 0 Å². The van der Waals surface area contributed by atoms with Crippen molar-refractivity contribution < 1.29 is 18.3 Å². The lowest BCUT2D eigenvalue weighted by Gasteiger charge is -2.37. The van der Waals surface area contributed by atoms with E-state index in [1.807, 2.05) is 6.92 Å². The van der Waals surface area contributed by atoms with Crippen LogP contribution in [0.25, 0.3) is 0 Å². The second kappa shape index (κ2) is 9.94. The van der Waals surface area contributed by atoms with E-state index in [-0.39, 0.29) is 23.0 Å². The highest BCUT2D eigenvalue weighted by molar-refractivity contribution is 7.89. The summed E-state index contributed by atoms with van der Waals surface area (Å²) in [6.07, 6.45) is 6.25. The van der Waals surface area contributed by atoms with Crippen LogP contribution in [-0.4, -0.2) is 29.8 Å². The van der Waals surface area contributed by atoms with Gasteiger partial charge >= 0.3 is 5.97 Å². The molecular formula is C23H28ClNO4S. The highest BCUT2D eigenvalue weighted by Gasteiger charge is 2.35. The molecule has 0 heterocycles. The van der Waals surface area contributed by atoms with Gasteiger partial charge in [0.1, 0.15) is 0 Å². The summed E-state index contributed by atoms with van der Waals surface area (Å²) in [6.45, 7) is 2.25. The summed E-state index contributed by atoms with van der Waals surface area (Å²) in [5, 5.41) is 9.63. The van der Waals surface area contributed by atoms with Gasteiger partial charge in [0, 0.05) is 17.6 Å². The van der Waals surface area contributed by atoms with Gasteiger partial charge in [-0.2, -0.15) is 4.31 Å². The molecule has 0 aromatic heterocycles. The number of rotatable bonds is 8. The standard InChI is InChI=1S/C23H28ClNO4S/c1-2-22(18-6-4-3-5-7-18)25(16-17-8-10-19(11-9-17)23(26)27)30(28,29)21-14-12-20(24)13-15-21/h8-15,18,22H,2-7,16H2,1H3,(H,26,27). The maximum absolute atomic E-state index is 13.7. The number of halogens is 1. The van der Waals surface area contributed by atoms with E-state index >= 15 is 0 Å². The molecule has 2 aromatic rings. The lowest BCUT2D eigenvalue weighted by atomic mass is 9.83. The number of hydrogen-bond acceptors (Lipinski definition) is 3. The van der Waals surface area contributed by atoms with Gasteiger partial charge in [0.2, 0.25) is 10.0 Å². The zero-order valence-electron chi connectivity index (χ0n) is 17.1. The first-order valence-corrected chi connectivity index (χ1v) is 12.2. The van der Waals surface area contributed by atoms with Crippen LogP contribution in [0.2, 0.25) is 5.02 Å². The van der Waals surface area contributed by atoms with Crippen molar-refractivity contribution in [2.45, 2.75) is 62.9 Å². The monoisotopic (exact) mass is 449 g/mol. The number of carboxylic acids is 1. The van der Waals surface area contributed by atoms with Crippen LogP contribution in [-0.2, 0) is 16.6 Å². The Morgan fingerprint density at radius 1 is 1.07 bits per heavy atom. The van der Waals surface area contributed by atoms with Crippen molar-refractivity contribution in [2.24, 2.45) is 5.92 Å². The SMILES string of the molecule is CCC(C1CCCCC1)N(Cc1ccc(C(=O)O)cc1)S(=O)(=O)c1ccc(Cl)cc1. The smallest absolute Gasteiger partial charge is 0.335 e. The molecule has 0 saturated heterocycles. The first kappa shape index (κ1) is 22.8. The zero-order valence-corrected chi connectivity index (χ0v) is 18.7. The van der Waals surface area contributed by atoms with E-state index in [0.717, 1.165) is 37.7 Å². The van der Waals surface area contributed by atoms with E-state index in [4.69, 9.17) is 16.7 Å². The van der Waals surface area contributed by atoms with Crippen molar-refractivity contribution in [2.75, 3.05) is 0 Å². The van der Waals surface area contributed by atoms with Crippen molar-refractivity contribution in [3.05, 3.63) is 64.7 Å². The summed E-state index contributed by atoms with van der Waals surface area (Å²) in [5.41, 5.74) is 0.956. The Balaban J connectivity index is 1.98. The number of benzene rings is 2. The Hall–Kier alpha value is -1.89. The van der Waals surface area contributed by atoms with Crippen molar-refractivity contribution in [3.63, 3.8) is 0 Å². The minimum atomic E-state index is -3.74. The third-order valence-corrected chi connectivity index (χ3v) is 8.08. The molecule has 1 aliphatic rings. The quantitative estimate of drug-likeness (QED) is 0.570. The van der Waals surface area contributed by atoms with Crippen LogP contribution in [0.15, 0.2) is 53.4 Å². The van der Waals surface area contributed by atoms with Crippen LogP contribution in [0.5, 0.6) is 0 Å². The molecule has 0 spiro atoms. The van der Waals surface area contributed by atoms with E-state index in [2.05, 4.69) is 0 Å². The second-order valence-electron chi connectivity index (χ2n) is 7.88. The molecule has 30 heavy (non-hydrogen) atoms. The number of aromatic carboxylic acids is 1. The molecule has 3 rings (SSSR count). The lowest BCUT2D eigenvalue weighted by molar-refractivity contribution is 0.0697.